The van der Waals surface area contributed by atoms with Crippen LogP contribution in [0.3, 0.4) is 0 Å². The van der Waals surface area contributed by atoms with Gasteiger partial charge < -0.3 is 4.90 Å². The molecule has 3 rings (SSSR count). The number of hydrogen-bond acceptors (Lipinski definition) is 2. The highest BCUT2D eigenvalue weighted by Crippen LogP contribution is 2.18. The molecule has 0 saturated carbocycles. The Hall–Kier alpha value is -1.94. The zero-order valence-corrected chi connectivity index (χ0v) is 14.1. The summed E-state index contributed by atoms with van der Waals surface area (Å²) in [5.41, 5.74) is 4.70. The average Bonchev–Trinajstić information content (AvgIpc) is 2.54. The lowest BCUT2D eigenvalue weighted by Gasteiger charge is -2.28. The number of rotatable bonds is 4. The molecule has 1 aliphatic rings. The molecule has 0 aliphatic carbocycles. The maximum Gasteiger partial charge on any atom is 0.235 e. The Morgan fingerprint density at radius 1 is 1.13 bits per heavy atom. The van der Waals surface area contributed by atoms with E-state index in [0.29, 0.717) is 12.3 Å². The van der Waals surface area contributed by atoms with Crippen molar-refractivity contribution in [2.75, 3.05) is 12.3 Å². The van der Waals surface area contributed by atoms with E-state index in [-0.39, 0.29) is 11.7 Å². The van der Waals surface area contributed by atoms with Gasteiger partial charge in [0.15, 0.2) is 0 Å². The molecule has 3 nitrogen and oxygen atoms in total. The van der Waals surface area contributed by atoms with E-state index in [1.54, 1.807) is 0 Å². The van der Waals surface area contributed by atoms with E-state index in [9.17, 15) is 9.00 Å². The van der Waals surface area contributed by atoms with Crippen LogP contribution < -0.4 is 0 Å². The second-order valence-electron chi connectivity index (χ2n) is 6.05. The van der Waals surface area contributed by atoms with Crippen LogP contribution in [0.2, 0.25) is 0 Å². The highest BCUT2D eigenvalue weighted by molar-refractivity contribution is 7.84. The maximum absolute atomic E-state index is 12.4. The van der Waals surface area contributed by atoms with Crippen LogP contribution in [0.4, 0.5) is 0 Å². The first-order chi connectivity index (χ1) is 11.1. The summed E-state index contributed by atoms with van der Waals surface area (Å²) in [5, 5.41) is 0. The summed E-state index contributed by atoms with van der Waals surface area (Å²) >= 11 is 0. The molecule has 4 heteroatoms. The predicted octanol–water partition coefficient (Wildman–Crippen LogP) is 2.83. The second-order valence-corrected chi connectivity index (χ2v) is 7.51. The van der Waals surface area contributed by atoms with Gasteiger partial charge in [0.25, 0.3) is 0 Å². The summed E-state index contributed by atoms with van der Waals surface area (Å²) in [5.74, 6) is 0.541. The van der Waals surface area contributed by atoms with Gasteiger partial charge in [0, 0.05) is 29.6 Å². The molecule has 1 aliphatic heterocycles. The SMILES string of the molecule is Cc1cccc(C[S@](=O)CC(=O)N2CCc3ccccc3C2)c1. The van der Waals surface area contributed by atoms with E-state index in [0.717, 1.165) is 24.1 Å². The van der Waals surface area contributed by atoms with E-state index >= 15 is 0 Å². The summed E-state index contributed by atoms with van der Waals surface area (Å²) in [6.07, 6.45) is 0.881. The highest BCUT2D eigenvalue weighted by atomic mass is 32.2. The van der Waals surface area contributed by atoms with Crippen LogP contribution in [0.15, 0.2) is 48.5 Å². The molecule has 0 radical (unpaired) electrons. The van der Waals surface area contributed by atoms with Crippen LogP contribution in [0, 0.1) is 6.92 Å². The minimum atomic E-state index is -1.16. The van der Waals surface area contributed by atoms with Gasteiger partial charge in [-0.25, -0.2) is 0 Å². The van der Waals surface area contributed by atoms with E-state index in [4.69, 9.17) is 0 Å². The van der Waals surface area contributed by atoms with E-state index in [1.165, 1.54) is 11.1 Å². The lowest BCUT2D eigenvalue weighted by atomic mass is 10.00. The van der Waals surface area contributed by atoms with Gasteiger partial charge in [-0.2, -0.15) is 0 Å². The number of carbonyl (C=O) groups is 1. The Morgan fingerprint density at radius 2 is 1.91 bits per heavy atom. The van der Waals surface area contributed by atoms with E-state index < -0.39 is 10.8 Å². The lowest BCUT2D eigenvalue weighted by Crippen LogP contribution is -2.38. The Morgan fingerprint density at radius 3 is 2.70 bits per heavy atom. The Labute approximate surface area is 139 Å². The monoisotopic (exact) mass is 327 g/mol. The number of amides is 1. The van der Waals surface area contributed by atoms with E-state index in [1.807, 2.05) is 48.2 Å². The number of fused-ring (bicyclic) bond motifs is 1. The third-order valence-corrected chi connectivity index (χ3v) is 5.40. The number of aryl methyl sites for hydroxylation is 1. The summed E-state index contributed by atoms with van der Waals surface area (Å²) in [6, 6.07) is 16.2. The quantitative estimate of drug-likeness (QED) is 0.866. The first-order valence-electron chi connectivity index (χ1n) is 7.87. The number of hydrogen-bond donors (Lipinski definition) is 0. The first kappa shape index (κ1) is 15.9. The first-order valence-corrected chi connectivity index (χ1v) is 9.36. The summed E-state index contributed by atoms with van der Waals surface area (Å²) in [4.78, 5) is 14.2. The van der Waals surface area contributed by atoms with Gasteiger partial charge in [-0.05, 0) is 30.0 Å². The van der Waals surface area contributed by atoms with Gasteiger partial charge in [0.1, 0.15) is 5.75 Å². The van der Waals surface area contributed by atoms with Gasteiger partial charge in [0.05, 0.1) is 0 Å². The van der Waals surface area contributed by atoms with Gasteiger partial charge in [-0.3, -0.25) is 9.00 Å². The lowest BCUT2D eigenvalue weighted by molar-refractivity contribution is -0.129. The molecule has 0 bridgehead atoms. The predicted molar refractivity (Wildman–Crippen MR) is 93.5 cm³/mol. The van der Waals surface area contributed by atoms with Gasteiger partial charge in [-0.1, -0.05) is 54.1 Å². The van der Waals surface area contributed by atoms with Crippen LogP contribution in [-0.2, 0) is 34.3 Å². The molecule has 0 fully saturated rings. The Balaban J connectivity index is 1.58. The summed E-state index contributed by atoms with van der Waals surface area (Å²) < 4.78 is 12.3. The summed E-state index contributed by atoms with van der Waals surface area (Å²) in [6.45, 7) is 3.37. The molecule has 0 aromatic heterocycles. The third kappa shape index (κ3) is 4.08. The van der Waals surface area contributed by atoms with Gasteiger partial charge in [0.2, 0.25) is 5.91 Å². The van der Waals surface area contributed by atoms with Crippen LogP contribution in [-0.4, -0.2) is 27.3 Å². The van der Waals surface area contributed by atoms with Crippen molar-refractivity contribution < 1.29 is 9.00 Å². The normalized spacial score (nSPS) is 15.1. The largest absolute Gasteiger partial charge is 0.337 e. The fraction of sp³-hybridized carbons (Fsp3) is 0.316. The van der Waals surface area contributed by atoms with Crippen LogP contribution in [0.5, 0.6) is 0 Å². The van der Waals surface area contributed by atoms with Crippen molar-refractivity contribution >= 4 is 16.7 Å². The maximum atomic E-state index is 12.4. The standard InChI is InChI=1S/C19H21NO2S/c1-15-5-4-6-16(11-15)13-23(22)14-19(21)20-10-9-17-7-2-3-8-18(17)12-20/h2-8,11H,9-10,12-14H2,1H3/t23-/m0/s1. The third-order valence-electron chi connectivity index (χ3n) is 4.18. The van der Waals surface area contributed by atoms with Gasteiger partial charge >= 0.3 is 0 Å². The molecule has 0 N–H and O–H groups in total. The molecule has 2 aromatic carbocycles. The molecule has 0 saturated heterocycles. The molecular weight excluding hydrogens is 306 g/mol. The topological polar surface area (TPSA) is 37.4 Å². The number of nitrogens with zero attached hydrogens (tertiary/aromatic N) is 1. The number of carbonyl (C=O) groups excluding carboxylic acids is 1. The Bertz CT molecular complexity index is 742. The van der Waals surface area contributed by atoms with Crippen molar-refractivity contribution in [3.8, 4) is 0 Å². The summed E-state index contributed by atoms with van der Waals surface area (Å²) in [7, 11) is -1.16. The minimum Gasteiger partial charge on any atom is -0.337 e. The molecule has 0 spiro atoms. The van der Waals surface area contributed by atoms with Crippen LogP contribution >= 0.6 is 0 Å². The fourth-order valence-corrected chi connectivity index (χ4v) is 4.09. The molecule has 120 valence electrons. The van der Waals surface area contributed by atoms with Crippen molar-refractivity contribution in [1.29, 1.82) is 0 Å². The minimum absolute atomic E-state index is 0.00881. The molecule has 2 aromatic rings. The van der Waals surface area contributed by atoms with Crippen LogP contribution in [0.1, 0.15) is 22.3 Å². The molecule has 1 amide bonds. The van der Waals surface area contributed by atoms with Crippen molar-refractivity contribution in [3.05, 3.63) is 70.8 Å². The highest BCUT2D eigenvalue weighted by Gasteiger charge is 2.21. The zero-order chi connectivity index (χ0) is 16.2. The van der Waals surface area contributed by atoms with E-state index in [2.05, 4.69) is 12.1 Å². The fourth-order valence-electron chi connectivity index (χ4n) is 2.98. The smallest absolute Gasteiger partial charge is 0.235 e. The van der Waals surface area contributed by atoms with Crippen molar-refractivity contribution in [1.82, 2.24) is 4.90 Å². The van der Waals surface area contributed by atoms with Crippen LogP contribution in [0.25, 0.3) is 0 Å². The second kappa shape index (κ2) is 7.09. The number of benzene rings is 2. The van der Waals surface area contributed by atoms with Crippen molar-refractivity contribution in [3.63, 3.8) is 0 Å². The molecule has 0 unspecified atom stereocenters. The molecular formula is C19H21NO2S. The van der Waals surface area contributed by atoms with Crippen molar-refractivity contribution in [2.24, 2.45) is 0 Å². The zero-order valence-electron chi connectivity index (χ0n) is 13.3. The molecule has 1 heterocycles. The van der Waals surface area contributed by atoms with Crippen molar-refractivity contribution in [2.45, 2.75) is 25.6 Å². The average molecular weight is 327 g/mol. The van der Waals surface area contributed by atoms with Gasteiger partial charge in [-0.15, -0.1) is 0 Å². The Kier molecular flexibility index (Phi) is 4.91. The molecule has 1 atom stereocenters. The molecule has 23 heavy (non-hydrogen) atoms.